The van der Waals surface area contributed by atoms with Gasteiger partial charge < -0.3 is 9.84 Å². The molecule has 0 spiro atoms. The quantitative estimate of drug-likeness (QED) is 0.557. The van der Waals surface area contributed by atoms with Gasteiger partial charge in [-0.05, 0) is 11.6 Å². The van der Waals surface area contributed by atoms with E-state index in [2.05, 4.69) is 4.98 Å². The first-order valence-corrected chi connectivity index (χ1v) is 7.47. The fourth-order valence-corrected chi connectivity index (χ4v) is 3.19. The molecular formula is C13H8Cl5NO2. The summed E-state index contributed by atoms with van der Waals surface area (Å²) >= 11 is 30.6. The molecule has 0 atom stereocenters. The Bertz CT molecular complexity index is 654. The van der Waals surface area contributed by atoms with Crippen LogP contribution in [0.25, 0.3) is 11.1 Å². The zero-order chi connectivity index (χ0) is 15.7. The van der Waals surface area contributed by atoms with E-state index in [4.69, 9.17) is 62.7 Å². The summed E-state index contributed by atoms with van der Waals surface area (Å²) in [4.78, 5) is 4.08. The maximum atomic E-state index is 9.51. The first-order chi connectivity index (χ1) is 9.93. The molecule has 0 unspecified atom stereocenters. The maximum absolute atomic E-state index is 9.51. The zero-order valence-corrected chi connectivity index (χ0v) is 14.3. The molecule has 0 aliphatic carbocycles. The number of benzene rings is 1. The molecule has 2 aromatic rings. The Morgan fingerprint density at radius 3 is 1.95 bits per heavy atom. The average Bonchev–Trinajstić information content (AvgIpc) is 2.51. The van der Waals surface area contributed by atoms with Crippen LogP contribution in [0.15, 0.2) is 12.3 Å². The second-order valence-corrected chi connectivity index (χ2v) is 5.85. The molecule has 0 radical (unpaired) electrons. The van der Waals surface area contributed by atoms with Gasteiger partial charge in [-0.2, -0.15) is 0 Å². The third-order valence-electron chi connectivity index (χ3n) is 2.83. The minimum atomic E-state index is -0.265. The highest BCUT2D eigenvalue weighted by atomic mass is 35.5. The monoisotopic (exact) mass is 385 g/mol. The molecule has 0 aliphatic rings. The van der Waals surface area contributed by atoms with Crippen LogP contribution in [-0.4, -0.2) is 17.2 Å². The number of aliphatic hydroxyl groups is 1. The summed E-state index contributed by atoms with van der Waals surface area (Å²) in [6.45, 7) is -0.265. The summed E-state index contributed by atoms with van der Waals surface area (Å²) in [7, 11) is 1.44. The predicted octanol–water partition coefficient (Wildman–Crippen LogP) is 5.52. The highest BCUT2D eigenvalue weighted by Gasteiger charge is 2.25. The lowest BCUT2D eigenvalue weighted by atomic mass is 10.0. The number of aromatic nitrogens is 1. The third-order valence-corrected chi connectivity index (χ3v) is 5.10. The van der Waals surface area contributed by atoms with Gasteiger partial charge in [0.2, 0.25) is 5.88 Å². The summed E-state index contributed by atoms with van der Waals surface area (Å²) in [5, 5.41) is 9.92. The van der Waals surface area contributed by atoms with Crippen molar-refractivity contribution in [2.24, 2.45) is 0 Å². The summed E-state index contributed by atoms with van der Waals surface area (Å²) in [5.74, 6) is 0.236. The van der Waals surface area contributed by atoms with E-state index in [-0.39, 0.29) is 37.6 Å². The lowest BCUT2D eigenvalue weighted by Crippen LogP contribution is -1.99. The molecule has 0 aliphatic heterocycles. The van der Waals surface area contributed by atoms with Crippen LogP contribution >= 0.6 is 58.0 Å². The minimum Gasteiger partial charge on any atom is -0.481 e. The van der Waals surface area contributed by atoms with Crippen molar-refractivity contribution in [2.45, 2.75) is 6.61 Å². The smallest absolute Gasteiger partial charge is 0.221 e. The Hall–Kier alpha value is -0.420. The third kappa shape index (κ3) is 2.91. The first kappa shape index (κ1) is 16.9. The number of aliphatic hydroxyl groups excluding tert-OH is 1. The van der Waals surface area contributed by atoms with E-state index in [1.54, 1.807) is 6.07 Å². The van der Waals surface area contributed by atoms with E-state index in [9.17, 15) is 5.11 Å². The van der Waals surface area contributed by atoms with Gasteiger partial charge >= 0.3 is 0 Å². The van der Waals surface area contributed by atoms with E-state index in [0.717, 1.165) is 0 Å². The van der Waals surface area contributed by atoms with Crippen molar-refractivity contribution in [3.05, 3.63) is 42.9 Å². The molecule has 0 fully saturated rings. The number of hydrogen-bond acceptors (Lipinski definition) is 3. The SMILES string of the molecule is COc1nccc(CO)c1-c1c(Cl)c(Cl)c(Cl)c(Cl)c1Cl. The molecule has 1 N–H and O–H groups in total. The van der Waals surface area contributed by atoms with Crippen molar-refractivity contribution in [1.29, 1.82) is 0 Å². The summed E-state index contributed by atoms with van der Waals surface area (Å²) in [5.41, 5.74) is 1.24. The molecular weight excluding hydrogens is 379 g/mol. The van der Waals surface area contributed by atoms with E-state index < -0.39 is 0 Å². The Balaban J connectivity index is 2.92. The van der Waals surface area contributed by atoms with Crippen molar-refractivity contribution in [3.63, 3.8) is 0 Å². The average molecular weight is 387 g/mol. The number of pyridine rings is 1. The molecule has 112 valence electrons. The predicted molar refractivity (Wildman–Crippen MR) is 87.2 cm³/mol. The lowest BCUT2D eigenvalue weighted by molar-refractivity contribution is 0.281. The number of methoxy groups -OCH3 is 1. The van der Waals surface area contributed by atoms with E-state index in [0.29, 0.717) is 16.7 Å². The first-order valence-electron chi connectivity index (χ1n) is 5.58. The fraction of sp³-hybridized carbons (Fsp3) is 0.154. The van der Waals surface area contributed by atoms with Crippen LogP contribution in [-0.2, 0) is 6.61 Å². The Kier molecular flexibility index (Phi) is 5.47. The van der Waals surface area contributed by atoms with E-state index in [1.807, 2.05) is 0 Å². The number of ether oxygens (including phenoxy) is 1. The van der Waals surface area contributed by atoms with Gasteiger partial charge in [-0.1, -0.05) is 58.0 Å². The van der Waals surface area contributed by atoms with Gasteiger partial charge in [0.15, 0.2) is 0 Å². The summed E-state index contributed by atoms with van der Waals surface area (Å²) in [6, 6.07) is 1.61. The fourth-order valence-electron chi connectivity index (χ4n) is 1.86. The van der Waals surface area contributed by atoms with Gasteiger partial charge in [-0.15, -0.1) is 0 Å². The van der Waals surface area contributed by atoms with Crippen molar-refractivity contribution in [2.75, 3.05) is 7.11 Å². The molecule has 0 saturated carbocycles. The van der Waals surface area contributed by atoms with Gasteiger partial charge in [-0.3, -0.25) is 0 Å². The van der Waals surface area contributed by atoms with Gasteiger partial charge in [-0.25, -0.2) is 4.98 Å². The minimum absolute atomic E-state index is 0.0606. The van der Waals surface area contributed by atoms with Crippen molar-refractivity contribution in [3.8, 4) is 17.0 Å². The molecule has 2 rings (SSSR count). The van der Waals surface area contributed by atoms with Gasteiger partial charge in [0, 0.05) is 11.8 Å². The summed E-state index contributed by atoms with van der Waals surface area (Å²) in [6.07, 6.45) is 1.49. The van der Waals surface area contributed by atoms with Crippen molar-refractivity contribution in [1.82, 2.24) is 4.98 Å². The number of halogens is 5. The van der Waals surface area contributed by atoms with Crippen LogP contribution in [0, 0.1) is 0 Å². The molecule has 1 heterocycles. The van der Waals surface area contributed by atoms with Crippen LogP contribution in [0.1, 0.15) is 5.56 Å². The van der Waals surface area contributed by atoms with Crippen molar-refractivity contribution >= 4 is 58.0 Å². The van der Waals surface area contributed by atoms with Crippen LogP contribution in [0.4, 0.5) is 0 Å². The number of nitrogens with zero attached hydrogens (tertiary/aromatic N) is 1. The second-order valence-electron chi connectivity index (χ2n) is 3.96. The van der Waals surface area contributed by atoms with Gasteiger partial charge in [0.05, 0.1) is 44.4 Å². The molecule has 0 bridgehead atoms. The molecule has 1 aromatic carbocycles. The molecule has 8 heteroatoms. The zero-order valence-electron chi connectivity index (χ0n) is 10.6. The number of hydrogen-bond donors (Lipinski definition) is 1. The van der Waals surface area contributed by atoms with Crippen LogP contribution < -0.4 is 4.74 Å². The Labute approximate surface area is 146 Å². The van der Waals surface area contributed by atoms with Crippen LogP contribution in [0.5, 0.6) is 5.88 Å². The maximum Gasteiger partial charge on any atom is 0.221 e. The second kappa shape index (κ2) is 6.78. The Morgan fingerprint density at radius 1 is 0.952 bits per heavy atom. The number of rotatable bonds is 3. The highest BCUT2D eigenvalue weighted by molar-refractivity contribution is 6.56. The molecule has 1 aromatic heterocycles. The van der Waals surface area contributed by atoms with E-state index in [1.165, 1.54) is 13.3 Å². The standard InChI is InChI=1S/C13H8Cl5NO2/c1-21-13-6(5(4-20)2-3-19-13)7-8(14)10(16)12(18)11(17)9(7)15/h2-3,20H,4H2,1H3. The van der Waals surface area contributed by atoms with E-state index >= 15 is 0 Å². The van der Waals surface area contributed by atoms with Crippen molar-refractivity contribution < 1.29 is 9.84 Å². The normalized spacial score (nSPS) is 10.8. The topological polar surface area (TPSA) is 42.4 Å². The van der Waals surface area contributed by atoms with Gasteiger partial charge in [0.1, 0.15) is 0 Å². The summed E-state index contributed by atoms with van der Waals surface area (Å²) < 4.78 is 5.20. The molecule has 3 nitrogen and oxygen atoms in total. The Morgan fingerprint density at radius 2 is 1.48 bits per heavy atom. The molecule has 21 heavy (non-hydrogen) atoms. The molecule has 0 amide bonds. The van der Waals surface area contributed by atoms with Crippen LogP contribution in [0.3, 0.4) is 0 Å². The highest BCUT2D eigenvalue weighted by Crippen LogP contribution is 2.50. The molecule has 0 saturated heterocycles. The van der Waals surface area contributed by atoms with Gasteiger partial charge in [0.25, 0.3) is 0 Å². The van der Waals surface area contributed by atoms with Crippen LogP contribution in [0.2, 0.25) is 25.1 Å². The lowest BCUT2D eigenvalue weighted by Gasteiger charge is -2.17. The largest absolute Gasteiger partial charge is 0.481 e.